The molecule has 1 spiro atoms. The summed E-state index contributed by atoms with van der Waals surface area (Å²) in [6.45, 7) is 0. The molecule has 0 saturated carbocycles. The van der Waals surface area contributed by atoms with Crippen molar-refractivity contribution in [1.29, 1.82) is 0 Å². The molecule has 0 amide bonds. The molecule has 0 heterocycles. The predicted molar refractivity (Wildman–Crippen MR) is 183 cm³/mol. The Morgan fingerprint density at radius 1 is 0.721 bits per heavy atom. The van der Waals surface area contributed by atoms with Crippen LogP contribution in [0.1, 0.15) is 29.5 Å². The highest BCUT2D eigenvalue weighted by molar-refractivity contribution is 6.01. The molecule has 43 heavy (non-hydrogen) atoms. The van der Waals surface area contributed by atoms with Crippen molar-refractivity contribution in [1.82, 2.24) is 0 Å². The Bertz CT molecular complexity index is 1990. The first-order valence-electron chi connectivity index (χ1n) is 14.9. The minimum Gasteiger partial charge on any atom is -0.405 e. The molecule has 0 saturated heterocycles. The summed E-state index contributed by atoms with van der Waals surface area (Å²) < 4.78 is 0. The van der Waals surface area contributed by atoms with Crippen LogP contribution in [-0.4, -0.2) is 0 Å². The van der Waals surface area contributed by atoms with Crippen molar-refractivity contribution in [2.75, 3.05) is 0 Å². The minimum absolute atomic E-state index is 0.381. The molecular formula is C41H34N2. The van der Waals surface area contributed by atoms with Gasteiger partial charge in [-0.1, -0.05) is 121 Å². The normalized spacial score (nSPS) is 23.9. The summed E-state index contributed by atoms with van der Waals surface area (Å²) in [6, 6.07) is 29.2. The largest absolute Gasteiger partial charge is 0.405 e. The lowest BCUT2D eigenvalue weighted by Gasteiger charge is -2.38. The molecule has 0 aromatic heterocycles. The molecular weight excluding hydrogens is 520 g/mol. The lowest BCUT2D eigenvalue weighted by atomic mass is 9.64. The highest BCUT2D eigenvalue weighted by Crippen LogP contribution is 2.60. The molecule has 7 rings (SSSR count). The Morgan fingerprint density at radius 3 is 2.44 bits per heavy atom. The second-order valence-electron chi connectivity index (χ2n) is 11.2. The van der Waals surface area contributed by atoms with Crippen molar-refractivity contribution in [3.63, 3.8) is 0 Å². The smallest absolute Gasteiger partial charge is 0.0677 e. The maximum atomic E-state index is 5.83. The lowest BCUT2D eigenvalue weighted by Crippen LogP contribution is -2.31. The summed E-state index contributed by atoms with van der Waals surface area (Å²) in [5.41, 5.74) is 23.6. The fourth-order valence-corrected chi connectivity index (χ4v) is 7.12. The molecule has 4 N–H and O–H groups in total. The van der Waals surface area contributed by atoms with Crippen molar-refractivity contribution in [3.8, 4) is 22.3 Å². The molecule has 2 heteroatoms. The van der Waals surface area contributed by atoms with Crippen molar-refractivity contribution < 1.29 is 0 Å². The average Bonchev–Trinajstić information content (AvgIpc) is 3.31. The zero-order valence-corrected chi connectivity index (χ0v) is 24.1. The van der Waals surface area contributed by atoms with Gasteiger partial charge in [0.05, 0.1) is 5.41 Å². The van der Waals surface area contributed by atoms with E-state index in [4.69, 9.17) is 11.5 Å². The molecule has 1 atom stereocenters. The zero-order valence-electron chi connectivity index (χ0n) is 24.1. The molecule has 4 aromatic rings. The number of nitrogens with two attached hydrogens (primary N) is 2. The quantitative estimate of drug-likeness (QED) is 0.247. The minimum atomic E-state index is -0.381. The van der Waals surface area contributed by atoms with Crippen LogP contribution in [0.4, 0.5) is 0 Å². The lowest BCUT2D eigenvalue weighted by molar-refractivity contribution is 0.693. The molecule has 4 aromatic carbocycles. The van der Waals surface area contributed by atoms with Gasteiger partial charge in [-0.2, -0.15) is 0 Å². The summed E-state index contributed by atoms with van der Waals surface area (Å²) in [6.07, 6.45) is 28.9. The maximum Gasteiger partial charge on any atom is 0.0677 e. The van der Waals surface area contributed by atoms with Crippen LogP contribution in [0.5, 0.6) is 0 Å². The molecule has 3 aliphatic rings. The molecule has 0 fully saturated rings. The van der Waals surface area contributed by atoms with Gasteiger partial charge in [0.2, 0.25) is 0 Å². The van der Waals surface area contributed by atoms with Crippen LogP contribution in [0.25, 0.3) is 38.6 Å². The van der Waals surface area contributed by atoms with Gasteiger partial charge in [-0.3, -0.25) is 0 Å². The van der Waals surface area contributed by atoms with E-state index in [0.29, 0.717) is 0 Å². The van der Waals surface area contributed by atoms with E-state index in [0.717, 1.165) is 24.0 Å². The molecule has 2 nitrogen and oxygen atoms in total. The summed E-state index contributed by atoms with van der Waals surface area (Å²) in [4.78, 5) is 0. The molecule has 0 radical (unpaired) electrons. The maximum absolute atomic E-state index is 5.83. The van der Waals surface area contributed by atoms with Crippen molar-refractivity contribution in [2.24, 2.45) is 11.5 Å². The van der Waals surface area contributed by atoms with Crippen LogP contribution >= 0.6 is 0 Å². The van der Waals surface area contributed by atoms with Gasteiger partial charge in [0.15, 0.2) is 0 Å². The van der Waals surface area contributed by atoms with E-state index in [1.807, 2.05) is 18.2 Å². The van der Waals surface area contributed by atoms with Crippen LogP contribution in [0.15, 0.2) is 169 Å². The van der Waals surface area contributed by atoms with Gasteiger partial charge in [0, 0.05) is 0 Å². The molecule has 3 aliphatic carbocycles. The van der Waals surface area contributed by atoms with Crippen molar-refractivity contribution >= 4 is 16.3 Å². The first-order valence-corrected chi connectivity index (χ1v) is 14.9. The van der Waals surface area contributed by atoms with Crippen LogP contribution < -0.4 is 11.5 Å². The van der Waals surface area contributed by atoms with E-state index in [-0.39, 0.29) is 5.41 Å². The summed E-state index contributed by atoms with van der Waals surface area (Å²) in [5, 5.41) is 2.52. The van der Waals surface area contributed by atoms with Crippen molar-refractivity contribution in [2.45, 2.75) is 18.3 Å². The number of hydrogen-bond donors (Lipinski definition) is 2. The van der Waals surface area contributed by atoms with Gasteiger partial charge in [-0.05, 0) is 116 Å². The van der Waals surface area contributed by atoms with E-state index in [1.54, 1.807) is 6.20 Å². The number of benzene rings is 4. The average molecular weight is 555 g/mol. The third-order valence-corrected chi connectivity index (χ3v) is 8.90. The Kier molecular flexibility index (Phi) is 6.89. The Labute approximate surface area is 253 Å². The fraction of sp³-hybridized carbons (Fsp3) is 0.0732. The van der Waals surface area contributed by atoms with Crippen LogP contribution in [0, 0.1) is 0 Å². The Hall–Kier alpha value is -5.34. The van der Waals surface area contributed by atoms with E-state index < -0.39 is 0 Å². The summed E-state index contributed by atoms with van der Waals surface area (Å²) in [5.74, 6) is 0. The first-order chi connectivity index (χ1) is 21.3. The molecule has 2 bridgehead atoms. The number of hydrogen-bond acceptors (Lipinski definition) is 2. The third-order valence-electron chi connectivity index (χ3n) is 8.90. The van der Waals surface area contributed by atoms with E-state index in [2.05, 4.69) is 127 Å². The second kappa shape index (κ2) is 11.2. The molecule has 208 valence electrons. The Morgan fingerprint density at radius 2 is 1.58 bits per heavy atom. The highest BCUT2D eigenvalue weighted by atomic mass is 14.5. The van der Waals surface area contributed by atoms with Gasteiger partial charge in [0.25, 0.3) is 0 Å². The Balaban J connectivity index is 1.57. The topological polar surface area (TPSA) is 52.0 Å². The van der Waals surface area contributed by atoms with Gasteiger partial charge in [-0.15, -0.1) is 0 Å². The van der Waals surface area contributed by atoms with Crippen LogP contribution in [0.2, 0.25) is 0 Å². The molecule has 1 unspecified atom stereocenters. The van der Waals surface area contributed by atoms with E-state index >= 15 is 0 Å². The van der Waals surface area contributed by atoms with Gasteiger partial charge >= 0.3 is 0 Å². The van der Waals surface area contributed by atoms with E-state index in [1.165, 1.54) is 61.5 Å². The summed E-state index contributed by atoms with van der Waals surface area (Å²) in [7, 11) is 0. The predicted octanol–water partition coefficient (Wildman–Crippen LogP) is 9.43. The SMILES string of the molecule is N\C=C/C(=C\C=C\N)c1cccc(-c2cccc3c2-c2cc4ccccc4cc2C32C3=C\C=C/CC\C2=C\C=C/C=C\3)c1. The number of allylic oxidation sites excluding steroid dienone is 14. The number of rotatable bonds is 4. The van der Waals surface area contributed by atoms with Gasteiger partial charge in [-0.25, -0.2) is 0 Å². The third kappa shape index (κ3) is 4.35. The van der Waals surface area contributed by atoms with Crippen molar-refractivity contribution in [3.05, 3.63) is 186 Å². The summed E-state index contributed by atoms with van der Waals surface area (Å²) >= 11 is 0. The van der Waals surface area contributed by atoms with Gasteiger partial charge < -0.3 is 11.5 Å². The van der Waals surface area contributed by atoms with Crippen LogP contribution in [-0.2, 0) is 5.41 Å². The second-order valence-corrected chi connectivity index (χ2v) is 11.2. The monoisotopic (exact) mass is 554 g/mol. The first kappa shape index (κ1) is 26.6. The fourth-order valence-electron chi connectivity index (χ4n) is 7.12. The number of fused-ring (bicyclic) bond motifs is 4. The van der Waals surface area contributed by atoms with Gasteiger partial charge in [0.1, 0.15) is 0 Å². The highest BCUT2D eigenvalue weighted by Gasteiger charge is 2.48. The zero-order chi connectivity index (χ0) is 29.2. The molecule has 0 aliphatic heterocycles. The standard InChI is InChI=1S/C41H34N2/c42-24-11-16-29(23-25-43)30-14-9-15-33(26-30)36-21-10-22-38-40(36)37-27-31-12-7-8-13-32(31)28-39(37)41(38)34-17-3-1-4-18-35(41)20-6-2-5-19-34/h1-5,7-19,21-28H,6,20,42-43H2/b4-1-,5-2-,17-3-,24-11+,25-23-,29-16+,34-19-,35-18-. The van der Waals surface area contributed by atoms with E-state index in [9.17, 15) is 0 Å². The van der Waals surface area contributed by atoms with Crippen LogP contribution in [0.3, 0.4) is 0 Å².